The van der Waals surface area contributed by atoms with Crippen LogP contribution in [0.4, 0.5) is 0 Å². The second-order valence-corrected chi connectivity index (χ2v) is 10.1. The van der Waals surface area contributed by atoms with E-state index in [4.69, 9.17) is 14.6 Å². The summed E-state index contributed by atoms with van der Waals surface area (Å²) in [5.74, 6) is 0.465. The van der Waals surface area contributed by atoms with Gasteiger partial charge in [-0.05, 0) is 18.1 Å². The first-order valence-electron chi connectivity index (χ1n) is 5.42. The monoisotopic (exact) mass is 243 g/mol. The van der Waals surface area contributed by atoms with E-state index < -0.39 is 8.32 Å². The second kappa shape index (κ2) is 4.64. The quantitative estimate of drug-likeness (QED) is 0.820. The van der Waals surface area contributed by atoms with Crippen molar-refractivity contribution in [3.63, 3.8) is 0 Å². The Labute approximate surface area is 97.5 Å². The van der Waals surface area contributed by atoms with Crippen molar-refractivity contribution < 1.29 is 8.84 Å². The number of hydrogen-bond acceptors (Lipinski definition) is 5. The zero-order valence-electron chi connectivity index (χ0n) is 10.7. The Morgan fingerprint density at radius 2 is 2.12 bits per heavy atom. The van der Waals surface area contributed by atoms with Gasteiger partial charge in [0.1, 0.15) is 6.10 Å². The van der Waals surface area contributed by atoms with Crippen molar-refractivity contribution >= 4 is 8.32 Å². The third-order valence-electron chi connectivity index (χ3n) is 3.11. The standard InChI is InChI=1S/C10H21N3O2Si/c1-10(2,3)16(4,5)15-8(6-11)9-13-12-7-14-9/h7-8H,6,11H2,1-5H3/t8-/m0/s1. The molecule has 0 aliphatic heterocycles. The molecule has 1 rings (SSSR count). The van der Waals surface area contributed by atoms with E-state index in [0.29, 0.717) is 12.4 Å². The van der Waals surface area contributed by atoms with E-state index in [2.05, 4.69) is 44.1 Å². The van der Waals surface area contributed by atoms with Gasteiger partial charge in [0.2, 0.25) is 12.3 Å². The van der Waals surface area contributed by atoms with Crippen molar-refractivity contribution in [2.24, 2.45) is 5.73 Å². The predicted octanol–water partition coefficient (Wildman–Crippen LogP) is 2.09. The van der Waals surface area contributed by atoms with Crippen LogP contribution >= 0.6 is 0 Å². The maximum Gasteiger partial charge on any atom is 0.244 e. The van der Waals surface area contributed by atoms with Crippen LogP contribution in [0.3, 0.4) is 0 Å². The minimum atomic E-state index is -1.85. The molecule has 0 aromatic carbocycles. The van der Waals surface area contributed by atoms with Crippen molar-refractivity contribution in [3.8, 4) is 0 Å². The van der Waals surface area contributed by atoms with Crippen LogP contribution in [0.1, 0.15) is 32.8 Å². The zero-order valence-corrected chi connectivity index (χ0v) is 11.7. The molecule has 1 heterocycles. The van der Waals surface area contributed by atoms with Crippen LogP contribution in [0.15, 0.2) is 10.8 Å². The van der Waals surface area contributed by atoms with E-state index in [1.807, 2.05) is 0 Å². The van der Waals surface area contributed by atoms with E-state index in [-0.39, 0.29) is 11.1 Å². The molecule has 92 valence electrons. The smallest absolute Gasteiger partial charge is 0.244 e. The Morgan fingerprint density at radius 1 is 1.50 bits per heavy atom. The molecule has 16 heavy (non-hydrogen) atoms. The highest BCUT2D eigenvalue weighted by Crippen LogP contribution is 2.39. The summed E-state index contributed by atoms with van der Waals surface area (Å²) in [4.78, 5) is 0. The molecular formula is C10H21N3O2Si. The van der Waals surface area contributed by atoms with Gasteiger partial charge in [-0.15, -0.1) is 10.2 Å². The van der Waals surface area contributed by atoms with Gasteiger partial charge in [0.25, 0.3) is 0 Å². The number of nitrogens with zero attached hydrogens (tertiary/aromatic N) is 2. The van der Waals surface area contributed by atoms with Gasteiger partial charge in [-0.25, -0.2) is 0 Å². The van der Waals surface area contributed by atoms with Crippen LogP contribution in [-0.4, -0.2) is 25.1 Å². The van der Waals surface area contributed by atoms with Crippen molar-refractivity contribution in [2.75, 3.05) is 6.54 Å². The van der Waals surface area contributed by atoms with Crippen LogP contribution in [-0.2, 0) is 4.43 Å². The lowest BCUT2D eigenvalue weighted by atomic mass is 10.2. The summed E-state index contributed by atoms with van der Waals surface area (Å²) in [5.41, 5.74) is 5.68. The molecular weight excluding hydrogens is 222 g/mol. The van der Waals surface area contributed by atoms with Crippen molar-refractivity contribution in [1.29, 1.82) is 0 Å². The van der Waals surface area contributed by atoms with Crippen LogP contribution in [0.25, 0.3) is 0 Å². The Bertz CT molecular complexity index is 319. The van der Waals surface area contributed by atoms with Crippen molar-refractivity contribution in [1.82, 2.24) is 10.2 Å². The highest BCUT2D eigenvalue weighted by atomic mass is 28.4. The van der Waals surface area contributed by atoms with Gasteiger partial charge in [-0.1, -0.05) is 20.8 Å². The largest absolute Gasteiger partial charge is 0.425 e. The fourth-order valence-electron chi connectivity index (χ4n) is 1.05. The molecule has 0 unspecified atom stereocenters. The second-order valence-electron chi connectivity index (χ2n) is 5.38. The van der Waals surface area contributed by atoms with Gasteiger partial charge in [0.05, 0.1) is 0 Å². The van der Waals surface area contributed by atoms with Gasteiger partial charge in [-0.2, -0.15) is 0 Å². The molecule has 0 aliphatic rings. The fraction of sp³-hybridized carbons (Fsp3) is 0.800. The SMILES string of the molecule is CC(C)(C)[Si](C)(C)O[C@@H](CN)c1nnco1. The van der Waals surface area contributed by atoms with Crippen LogP contribution < -0.4 is 5.73 Å². The third kappa shape index (κ3) is 2.90. The molecule has 0 saturated carbocycles. The Morgan fingerprint density at radius 3 is 2.50 bits per heavy atom. The number of rotatable bonds is 4. The molecule has 0 amide bonds. The highest BCUT2D eigenvalue weighted by molar-refractivity contribution is 6.74. The van der Waals surface area contributed by atoms with Crippen molar-refractivity contribution in [3.05, 3.63) is 12.3 Å². The molecule has 0 fully saturated rings. The normalized spacial score (nSPS) is 15.1. The zero-order chi connectivity index (χ0) is 12.4. The molecule has 6 heteroatoms. The first-order chi connectivity index (χ1) is 7.28. The van der Waals surface area contributed by atoms with Gasteiger partial charge in [0.15, 0.2) is 8.32 Å². The van der Waals surface area contributed by atoms with Gasteiger partial charge in [0, 0.05) is 6.54 Å². The Hall–Kier alpha value is -0.723. The number of aromatic nitrogens is 2. The molecule has 0 radical (unpaired) electrons. The fourth-order valence-corrected chi connectivity index (χ4v) is 2.32. The number of hydrogen-bond donors (Lipinski definition) is 1. The summed E-state index contributed by atoms with van der Waals surface area (Å²) < 4.78 is 11.3. The maximum atomic E-state index is 6.11. The lowest BCUT2D eigenvalue weighted by Crippen LogP contribution is -2.43. The molecule has 1 aromatic heterocycles. The summed E-state index contributed by atoms with van der Waals surface area (Å²) in [5, 5.41) is 7.64. The topological polar surface area (TPSA) is 74.2 Å². The molecule has 0 spiro atoms. The van der Waals surface area contributed by atoms with Gasteiger partial charge < -0.3 is 14.6 Å². The van der Waals surface area contributed by atoms with Gasteiger partial charge in [-0.3, -0.25) is 0 Å². The first-order valence-corrected chi connectivity index (χ1v) is 8.32. The van der Waals surface area contributed by atoms with Crippen LogP contribution in [0, 0.1) is 0 Å². The lowest BCUT2D eigenvalue weighted by Gasteiger charge is -2.38. The van der Waals surface area contributed by atoms with E-state index in [1.165, 1.54) is 6.39 Å². The molecule has 0 saturated heterocycles. The molecule has 0 aliphatic carbocycles. The Balaban J connectivity index is 2.79. The number of nitrogens with two attached hydrogens (primary N) is 1. The van der Waals surface area contributed by atoms with E-state index in [9.17, 15) is 0 Å². The average Bonchev–Trinajstić information content (AvgIpc) is 2.65. The minimum Gasteiger partial charge on any atom is -0.425 e. The summed E-state index contributed by atoms with van der Waals surface area (Å²) >= 11 is 0. The van der Waals surface area contributed by atoms with Gasteiger partial charge >= 0.3 is 0 Å². The van der Waals surface area contributed by atoms with E-state index >= 15 is 0 Å². The third-order valence-corrected chi connectivity index (χ3v) is 7.60. The maximum absolute atomic E-state index is 6.11. The summed E-state index contributed by atoms with van der Waals surface area (Å²) in [6.45, 7) is 11.2. The van der Waals surface area contributed by atoms with Crippen LogP contribution in [0.2, 0.25) is 18.1 Å². The summed E-state index contributed by atoms with van der Waals surface area (Å²) in [7, 11) is -1.85. The molecule has 5 nitrogen and oxygen atoms in total. The molecule has 2 N–H and O–H groups in total. The van der Waals surface area contributed by atoms with E-state index in [1.54, 1.807) is 0 Å². The Kier molecular flexibility index (Phi) is 3.87. The van der Waals surface area contributed by atoms with E-state index in [0.717, 1.165) is 0 Å². The minimum absolute atomic E-state index is 0.139. The van der Waals surface area contributed by atoms with Crippen LogP contribution in [0.5, 0.6) is 0 Å². The predicted molar refractivity (Wildman–Crippen MR) is 64.4 cm³/mol. The molecule has 1 atom stereocenters. The average molecular weight is 243 g/mol. The summed E-state index contributed by atoms with van der Waals surface area (Å²) in [6.07, 6.45) is 1.01. The highest BCUT2D eigenvalue weighted by Gasteiger charge is 2.40. The summed E-state index contributed by atoms with van der Waals surface area (Å²) in [6, 6.07) is 0. The first kappa shape index (κ1) is 13.3. The van der Waals surface area contributed by atoms with Crippen molar-refractivity contribution in [2.45, 2.75) is 45.0 Å². The molecule has 0 bridgehead atoms. The molecule has 1 aromatic rings. The lowest BCUT2D eigenvalue weighted by molar-refractivity contribution is 0.158.